The number of nitrogens with zero attached hydrogens (tertiary/aromatic N) is 2. The van der Waals surface area contributed by atoms with Crippen LogP contribution in [0.5, 0.6) is 11.5 Å². The van der Waals surface area contributed by atoms with E-state index in [1.165, 1.54) is 14.2 Å². The fraction of sp³-hybridized carbons (Fsp3) is 0.227. The predicted molar refractivity (Wildman–Crippen MR) is 107 cm³/mol. The molecule has 1 aliphatic rings. The minimum atomic E-state index is -0.559. The molecule has 0 aliphatic carbocycles. The van der Waals surface area contributed by atoms with Gasteiger partial charge in [-0.05, 0) is 42.3 Å². The number of pyridine rings is 1. The standard InChI is InChI=1S/C22H22N2O5/c1-14-20(22(26)29-4)17(10-15-7-8-18(27-2)19(11-15)28-3)21(25)24(14)13-16-6-5-9-23-12-16/h5-12H,13H2,1-4H3. The monoisotopic (exact) mass is 394 g/mol. The lowest BCUT2D eigenvalue weighted by atomic mass is 10.0. The van der Waals surface area contributed by atoms with E-state index in [0.29, 0.717) is 29.3 Å². The number of allylic oxidation sites excluding steroid dienone is 1. The molecule has 0 spiro atoms. The second-order valence-corrected chi connectivity index (χ2v) is 6.38. The lowest BCUT2D eigenvalue weighted by Crippen LogP contribution is -2.24. The normalized spacial score (nSPS) is 15.1. The summed E-state index contributed by atoms with van der Waals surface area (Å²) in [6.45, 7) is 2.04. The van der Waals surface area contributed by atoms with Crippen molar-refractivity contribution in [3.05, 3.63) is 70.7 Å². The molecule has 1 aromatic heterocycles. The third-order valence-corrected chi connectivity index (χ3v) is 4.68. The Morgan fingerprint density at radius 2 is 1.90 bits per heavy atom. The van der Waals surface area contributed by atoms with Crippen LogP contribution in [0, 0.1) is 0 Å². The summed E-state index contributed by atoms with van der Waals surface area (Å²) in [5.74, 6) is 0.267. The number of ether oxygens (including phenoxy) is 3. The van der Waals surface area contributed by atoms with Crippen molar-refractivity contribution in [1.29, 1.82) is 0 Å². The summed E-state index contributed by atoms with van der Waals surface area (Å²) >= 11 is 0. The number of hydrogen-bond acceptors (Lipinski definition) is 6. The Bertz CT molecular complexity index is 996. The van der Waals surface area contributed by atoms with Crippen molar-refractivity contribution >= 4 is 18.0 Å². The Kier molecular flexibility index (Phi) is 5.97. The molecule has 1 amide bonds. The van der Waals surface area contributed by atoms with Crippen molar-refractivity contribution in [2.45, 2.75) is 13.5 Å². The van der Waals surface area contributed by atoms with Crippen LogP contribution >= 0.6 is 0 Å². The van der Waals surface area contributed by atoms with E-state index in [-0.39, 0.29) is 17.1 Å². The maximum Gasteiger partial charge on any atom is 0.340 e. The zero-order chi connectivity index (χ0) is 21.0. The van der Waals surface area contributed by atoms with Crippen molar-refractivity contribution in [1.82, 2.24) is 9.88 Å². The van der Waals surface area contributed by atoms with Gasteiger partial charge in [-0.25, -0.2) is 4.79 Å². The average molecular weight is 394 g/mol. The van der Waals surface area contributed by atoms with Crippen LogP contribution in [0.3, 0.4) is 0 Å². The van der Waals surface area contributed by atoms with Gasteiger partial charge in [0.1, 0.15) is 0 Å². The lowest BCUT2D eigenvalue weighted by molar-refractivity contribution is -0.136. The Balaban J connectivity index is 2.04. The minimum absolute atomic E-state index is 0.246. The maximum atomic E-state index is 13.2. The Labute approximate surface area is 169 Å². The molecular weight excluding hydrogens is 372 g/mol. The SMILES string of the molecule is COC(=O)C1=C(C)N(Cc2cccnc2)C(=O)C1=Cc1ccc(OC)c(OC)c1. The number of amides is 1. The second-order valence-electron chi connectivity index (χ2n) is 6.38. The highest BCUT2D eigenvalue weighted by Crippen LogP contribution is 2.34. The number of methoxy groups -OCH3 is 3. The van der Waals surface area contributed by atoms with Crippen LogP contribution in [0.1, 0.15) is 18.1 Å². The molecule has 7 heteroatoms. The third-order valence-electron chi connectivity index (χ3n) is 4.68. The molecule has 0 atom stereocenters. The summed E-state index contributed by atoms with van der Waals surface area (Å²) in [6.07, 6.45) is 5.01. The van der Waals surface area contributed by atoms with Crippen LogP contribution in [0.25, 0.3) is 6.08 Å². The molecule has 0 unspecified atom stereocenters. The van der Waals surface area contributed by atoms with Gasteiger partial charge in [0.2, 0.25) is 0 Å². The van der Waals surface area contributed by atoms with Gasteiger partial charge >= 0.3 is 5.97 Å². The summed E-state index contributed by atoms with van der Waals surface area (Å²) in [4.78, 5) is 31.2. The van der Waals surface area contributed by atoms with Crippen LogP contribution in [0.2, 0.25) is 0 Å². The summed E-state index contributed by atoms with van der Waals surface area (Å²) in [5, 5.41) is 0. The fourth-order valence-corrected chi connectivity index (χ4v) is 3.20. The van der Waals surface area contributed by atoms with Gasteiger partial charge in [0.25, 0.3) is 5.91 Å². The largest absolute Gasteiger partial charge is 0.493 e. The number of carbonyl (C=O) groups excluding carboxylic acids is 2. The number of benzene rings is 1. The van der Waals surface area contributed by atoms with Gasteiger partial charge in [-0.1, -0.05) is 12.1 Å². The summed E-state index contributed by atoms with van der Waals surface area (Å²) < 4.78 is 15.5. The van der Waals surface area contributed by atoms with Crippen molar-refractivity contribution in [2.24, 2.45) is 0 Å². The van der Waals surface area contributed by atoms with Crippen molar-refractivity contribution in [3.8, 4) is 11.5 Å². The van der Waals surface area contributed by atoms with E-state index in [4.69, 9.17) is 14.2 Å². The topological polar surface area (TPSA) is 78.0 Å². The molecule has 0 fully saturated rings. The number of esters is 1. The Morgan fingerprint density at radius 1 is 1.14 bits per heavy atom. The summed E-state index contributed by atoms with van der Waals surface area (Å²) in [6, 6.07) is 8.95. The Hall–Kier alpha value is -3.61. The van der Waals surface area contributed by atoms with Gasteiger partial charge in [-0.2, -0.15) is 0 Å². The maximum absolute atomic E-state index is 13.2. The first-order valence-corrected chi connectivity index (χ1v) is 8.94. The fourth-order valence-electron chi connectivity index (χ4n) is 3.20. The lowest BCUT2D eigenvalue weighted by Gasteiger charge is -2.17. The first-order valence-electron chi connectivity index (χ1n) is 8.94. The number of rotatable bonds is 6. The smallest absolute Gasteiger partial charge is 0.340 e. The highest BCUT2D eigenvalue weighted by molar-refractivity contribution is 6.16. The highest BCUT2D eigenvalue weighted by atomic mass is 16.5. The van der Waals surface area contributed by atoms with Crippen molar-refractivity contribution in [3.63, 3.8) is 0 Å². The first kappa shape index (κ1) is 20.1. The van der Waals surface area contributed by atoms with E-state index in [2.05, 4.69) is 4.98 Å². The van der Waals surface area contributed by atoms with Gasteiger partial charge < -0.3 is 19.1 Å². The minimum Gasteiger partial charge on any atom is -0.493 e. The molecule has 7 nitrogen and oxygen atoms in total. The Morgan fingerprint density at radius 3 is 2.52 bits per heavy atom. The van der Waals surface area contributed by atoms with Gasteiger partial charge in [0, 0.05) is 18.1 Å². The molecule has 0 radical (unpaired) electrons. The van der Waals surface area contributed by atoms with Crippen LogP contribution in [0.15, 0.2) is 59.6 Å². The molecule has 1 aromatic carbocycles. The van der Waals surface area contributed by atoms with Crippen molar-refractivity contribution < 1.29 is 23.8 Å². The number of aromatic nitrogens is 1. The predicted octanol–water partition coefficient (Wildman–Crippen LogP) is 2.97. The van der Waals surface area contributed by atoms with Crippen LogP contribution < -0.4 is 9.47 Å². The van der Waals surface area contributed by atoms with Crippen LogP contribution in [-0.2, 0) is 20.9 Å². The zero-order valence-electron chi connectivity index (χ0n) is 16.8. The molecule has 1 aliphatic heterocycles. The summed E-state index contributed by atoms with van der Waals surface area (Å²) in [5.41, 5.74) is 2.61. The molecule has 2 aromatic rings. The van der Waals surface area contributed by atoms with E-state index in [1.807, 2.05) is 6.07 Å². The quantitative estimate of drug-likeness (QED) is 0.554. The van der Waals surface area contributed by atoms with E-state index >= 15 is 0 Å². The van der Waals surface area contributed by atoms with E-state index in [9.17, 15) is 9.59 Å². The van der Waals surface area contributed by atoms with Gasteiger partial charge in [0.05, 0.1) is 39.0 Å². The molecule has 0 N–H and O–H groups in total. The second kappa shape index (κ2) is 8.60. The molecule has 29 heavy (non-hydrogen) atoms. The van der Waals surface area contributed by atoms with Crippen LogP contribution in [-0.4, -0.2) is 43.1 Å². The van der Waals surface area contributed by atoms with Crippen LogP contribution in [0.4, 0.5) is 0 Å². The third kappa shape index (κ3) is 3.99. The molecule has 0 saturated carbocycles. The zero-order valence-corrected chi connectivity index (χ0v) is 16.8. The molecule has 2 heterocycles. The van der Waals surface area contributed by atoms with E-state index in [1.54, 1.807) is 61.7 Å². The number of hydrogen-bond donors (Lipinski definition) is 0. The summed E-state index contributed by atoms with van der Waals surface area (Å²) in [7, 11) is 4.38. The van der Waals surface area contributed by atoms with E-state index < -0.39 is 5.97 Å². The molecule has 0 saturated heterocycles. The van der Waals surface area contributed by atoms with E-state index in [0.717, 1.165) is 5.56 Å². The van der Waals surface area contributed by atoms with Crippen molar-refractivity contribution in [2.75, 3.05) is 21.3 Å². The van der Waals surface area contributed by atoms with Gasteiger partial charge in [-0.3, -0.25) is 9.78 Å². The highest BCUT2D eigenvalue weighted by Gasteiger charge is 2.37. The molecule has 150 valence electrons. The number of carbonyl (C=O) groups is 2. The first-order chi connectivity index (χ1) is 14.0. The molecule has 3 rings (SSSR count). The molecule has 0 bridgehead atoms. The van der Waals surface area contributed by atoms with Gasteiger partial charge in [0.15, 0.2) is 11.5 Å². The average Bonchev–Trinajstić information content (AvgIpc) is 2.98. The van der Waals surface area contributed by atoms with Gasteiger partial charge in [-0.15, -0.1) is 0 Å². The molecular formula is C22H22N2O5.